The maximum absolute atomic E-state index is 12.6. The van der Waals surface area contributed by atoms with E-state index in [1.165, 1.54) is 45.2 Å². The van der Waals surface area contributed by atoms with Crippen LogP contribution < -0.4 is 15.7 Å². The molecule has 1 amide bonds. The average molecular weight is 427 g/mol. The lowest BCUT2D eigenvalue weighted by Gasteiger charge is -2.44. The Morgan fingerprint density at radius 1 is 1.16 bits per heavy atom. The molecule has 31 heavy (non-hydrogen) atoms. The summed E-state index contributed by atoms with van der Waals surface area (Å²) in [4.78, 5) is 27.8. The molecule has 0 spiro atoms. The van der Waals surface area contributed by atoms with Gasteiger partial charge in [0.15, 0.2) is 0 Å². The second-order valence-electron chi connectivity index (χ2n) is 9.07. The zero-order valence-electron chi connectivity index (χ0n) is 19.0. The predicted octanol–water partition coefficient (Wildman–Crippen LogP) is 3.73. The minimum Gasteiger partial charge on any atom is -0.496 e. The number of aryl methyl sites for hydroxylation is 2. The minimum absolute atomic E-state index is 0.0118. The summed E-state index contributed by atoms with van der Waals surface area (Å²) in [6, 6.07) is 4.43. The van der Waals surface area contributed by atoms with Gasteiger partial charge in [0, 0.05) is 35.5 Å². The van der Waals surface area contributed by atoms with Crippen LogP contribution in [-0.4, -0.2) is 43.6 Å². The van der Waals surface area contributed by atoms with E-state index in [1.807, 2.05) is 26.0 Å². The summed E-state index contributed by atoms with van der Waals surface area (Å²) in [5.41, 5.74) is 2.48. The number of amides is 1. The third kappa shape index (κ3) is 4.49. The molecule has 6 heteroatoms. The molecule has 1 aromatic carbocycles. The van der Waals surface area contributed by atoms with Crippen LogP contribution in [0.1, 0.15) is 55.2 Å². The van der Waals surface area contributed by atoms with Crippen molar-refractivity contribution in [3.63, 3.8) is 0 Å². The first-order valence-electron chi connectivity index (χ1n) is 11.6. The van der Waals surface area contributed by atoms with Crippen molar-refractivity contribution in [2.24, 2.45) is 5.92 Å². The number of nitrogens with one attached hydrogen (secondary N) is 1. The summed E-state index contributed by atoms with van der Waals surface area (Å²) in [6.45, 7) is 6.97. The Balaban J connectivity index is 1.39. The van der Waals surface area contributed by atoms with Gasteiger partial charge in [-0.15, -0.1) is 0 Å². The molecule has 168 valence electrons. The van der Waals surface area contributed by atoms with E-state index >= 15 is 0 Å². The van der Waals surface area contributed by atoms with Crippen molar-refractivity contribution in [3.05, 3.63) is 39.2 Å². The van der Waals surface area contributed by atoms with E-state index in [9.17, 15) is 9.59 Å². The predicted molar refractivity (Wildman–Crippen MR) is 122 cm³/mol. The fraction of sp³-hybridized carbons (Fsp3) is 0.600. The fourth-order valence-electron chi connectivity index (χ4n) is 5.47. The zero-order valence-corrected chi connectivity index (χ0v) is 19.0. The molecular formula is C25H34N2O4. The van der Waals surface area contributed by atoms with Crippen LogP contribution in [0.25, 0.3) is 11.0 Å². The number of carbonyl (C=O) groups excluding carboxylic acids is 1. The molecule has 6 nitrogen and oxygen atoms in total. The van der Waals surface area contributed by atoms with Crippen molar-refractivity contribution in [2.45, 2.75) is 64.8 Å². The molecule has 2 atom stereocenters. The number of hydrogen-bond acceptors (Lipinski definition) is 5. The molecule has 1 N–H and O–H groups in total. The van der Waals surface area contributed by atoms with Crippen LogP contribution in [0.15, 0.2) is 21.3 Å². The van der Waals surface area contributed by atoms with Crippen molar-refractivity contribution in [2.75, 3.05) is 26.7 Å². The topological polar surface area (TPSA) is 71.8 Å². The molecule has 2 saturated heterocycles. The maximum Gasteiger partial charge on any atom is 0.339 e. The molecule has 0 aliphatic carbocycles. The fourth-order valence-corrected chi connectivity index (χ4v) is 5.47. The molecule has 2 aromatic rings. The number of ether oxygens (including phenoxy) is 1. The molecular weight excluding hydrogens is 392 g/mol. The first-order chi connectivity index (χ1) is 15.0. The van der Waals surface area contributed by atoms with Gasteiger partial charge in [0.05, 0.1) is 7.11 Å². The Labute approximate surface area is 183 Å². The van der Waals surface area contributed by atoms with E-state index in [0.29, 0.717) is 41.7 Å². The van der Waals surface area contributed by atoms with Gasteiger partial charge >= 0.3 is 5.63 Å². The zero-order chi connectivity index (χ0) is 22.0. The van der Waals surface area contributed by atoms with Gasteiger partial charge in [-0.05, 0) is 82.7 Å². The number of piperidine rings is 2. The van der Waals surface area contributed by atoms with Gasteiger partial charge in [0.2, 0.25) is 5.91 Å². The highest BCUT2D eigenvalue weighted by atomic mass is 16.5. The number of methoxy groups -OCH3 is 1. The molecule has 3 heterocycles. The summed E-state index contributed by atoms with van der Waals surface area (Å²) in [6.07, 6.45) is 6.95. The van der Waals surface area contributed by atoms with Crippen LogP contribution in [0.2, 0.25) is 0 Å². The summed E-state index contributed by atoms with van der Waals surface area (Å²) in [7, 11) is 1.60. The molecule has 2 aliphatic rings. The van der Waals surface area contributed by atoms with E-state index in [1.54, 1.807) is 7.11 Å². The second kappa shape index (κ2) is 9.43. The number of hydrogen-bond donors (Lipinski definition) is 1. The molecule has 2 aliphatic heterocycles. The Bertz CT molecular complexity index is 1010. The number of benzene rings is 1. The third-order valence-corrected chi connectivity index (χ3v) is 7.27. The Hall–Kier alpha value is -2.34. The molecule has 0 saturated carbocycles. The van der Waals surface area contributed by atoms with Crippen LogP contribution in [0, 0.1) is 19.8 Å². The summed E-state index contributed by atoms with van der Waals surface area (Å²) in [5, 5.41) is 4.04. The Kier molecular flexibility index (Phi) is 6.65. The van der Waals surface area contributed by atoms with E-state index in [-0.39, 0.29) is 11.5 Å². The summed E-state index contributed by atoms with van der Waals surface area (Å²) < 4.78 is 11.0. The maximum atomic E-state index is 12.6. The van der Waals surface area contributed by atoms with Gasteiger partial charge in [-0.2, -0.15) is 0 Å². The van der Waals surface area contributed by atoms with Gasteiger partial charge in [-0.1, -0.05) is 6.42 Å². The highest BCUT2D eigenvalue weighted by Crippen LogP contribution is 2.31. The number of rotatable bonds is 6. The number of carbonyl (C=O) groups is 1. The van der Waals surface area contributed by atoms with Crippen molar-refractivity contribution in [3.8, 4) is 5.75 Å². The number of fused-ring (bicyclic) bond motifs is 2. The second-order valence-corrected chi connectivity index (χ2v) is 9.07. The standard InChI is InChI=1S/C25H34N2O4/c1-16-19-9-11-22(30-3)17(2)24(19)31-25(29)20(16)10-12-23(28)26-15-18-7-6-14-27-13-5-4-8-21(18)27/h9,11,18,21H,4-8,10,12-15H2,1-3H3,(H,26,28)/t18-,21-/m0/s1. The van der Waals surface area contributed by atoms with E-state index < -0.39 is 0 Å². The van der Waals surface area contributed by atoms with Crippen molar-refractivity contribution < 1.29 is 13.9 Å². The third-order valence-electron chi connectivity index (χ3n) is 7.27. The monoisotopic (exact) mass is 426 g/mol. The lowest BCUT2D eigenvalue weighted by Crippen LogP contribution is -2.51. The molecule has 1 aromatic heterocycles. The van der Waals surface area contributed by atoms with Crippen molar-refractivity contribution in [1.29, 1.82) is 0 Å². The van der Waals surface area contributed by atoms with Gasteiger partial charge in [-0.3, -0.25) is 4.79 Å². The molecule has 0 unspecified atom stereocenters. The highest BCUT2D eigenvalue weighted by molar-refractivity contribution is 5.85. The highest BCUT2D eigenvalue weighted by Gasteiger charge is 2.32. The van der Waals surface area contributed by atoms with Crippen LogP contribution in [0.5, 0.6) is 5.75 Å². The first kappa shape index (κ1) is 21.9. The van der Waals surface area contributed by atoms with Crippen LogP contribution >= 0.6 is 0 Å². The quantitative estimate of drug-likeness (QED) is 0.713. The largest absolute Gasteiger partial charge is 0.496 e. The van der Waals surface area contributed by atoms with Crippen molar-refractivity contribution in [1.82, 2.24) is 10.2 Å². The van der Waals surface area contributed by atoms with Crippen molar-refractivity contribution >= 4 is 16.9 Å². The van der Waals surface area contributed by atoms with Gasteiger partial charge in [-0.25, -0.2) is 4.79 Å². The molecule has 4 rings (SSSR count). The van der Waals surface area contributed by atoms with Gasteiger partial charge < -0.3 is 19.4 Å². The SMILES string of the molecule is COc1ccc2c(C)c(CCC(=O)NC[C@@H]3CCCN4CCCC[C@@H]34)c(=O)oc2c1C. The summed E-state index contributed by atoms with van der Waals surface area (Å²) in [5.74, 6) is 1.25. The Morgan fingerprint density at radius 3 is 2.77 bits per heavy atom. The molecule has 0 bridgehead atoms. The summed E-state index contributed by atoms with van der Waals surface area (Å²) >= 11 is 0. The molecule has 0 radical (unpaired) electrons. The minimum atomic E-state index is -0.362. The van der Waals surface area contributed by atoms with E-state index in [0.717, 1.165) is 23.1 Å². The average Bonchev–Trinajstić information content (AvgIpc) is 2.78. The lowest BCUT2D eigenvalue weighted by molar-refractivity contribution is -0.121. The molecule has 2 fully saturated rings. The first-order valence-corrected chi connectivity index (χ1v) is 11.6. The van der Waals surface area contributed by atoms with Crippen LogP contribution in [-0.2, 0) is 11.2 Å². The smallest absolute Gasteiger partial charge is 0.339 e. The van der Waals surface area contributed by atoms with E-state index in [4.69, 9.17) is 9.15 Å². The van der Waals surface area contributed by atoms with Gasteiger partial charge in [0.1, 0.15) is 11.3 Å². The van der Waals surface area contributed by atoms with E-state index in [2.05, 4.69) is 10.2 Å². The van der Waals surface area contributed by atoms with Crippen LogP contribution in [0.4, 0.5) is 0 Å². The normalized spacial score (nSPS) is 21.6. The van der Waals surface area contributed by atoms with Crippen LogP contribution in [0.3, 0.4) is 0 Å². The number of nitrogens with zero attached hydrogens (tertiary/aromatic N) is 1. The Morgan fingerprint density at radius 2 is 1.97 bits per heavy atom. The lowest BCUT2D eigenvalue weighted by atomic mass is 9.83. The van der Waals surface area contributed by atoms with Gasteiger partial charge in [0.25, 0.3) is 0 Å².